The highest BCUT2D eigenvalue weighted by atomic mass is 16.6. The third-order valence-corrected chi connectivity index (χ3v) is 2.45. The number of carbonyl (C=O) groups excluding carboxylic acids is 2. The minimum Gasteiger partial charge on any atom is -0.510 e. The first-order valence-corrected chi connectivity index (χ1v) is 6.08. The maximum Gasteiger partial charge on any atom is 0.418 e. The molecule has 0 aromatic rings. The van der Waals surface area contributed by atoms with E-state index in [2.05, 4.69) is 0 Å². The van der Waals surface area contributed by atoms with Crippen LogP contribution in [0.25, 0.3) is 0 Å². The van der Waals surface area contributed by atoms with Crippen molar-refractivity contribution in [3.05, 3.63) is 11.8 Å². The molecule has 0 saturated heterocycles. The van der Waals surface area contributed by atoms with E-state index in [1.807, 2.05) is 13.8 Å². The Morgan fingerprint density at radius 1 is 1.50 bits per heavy atom. The lowest BCUT2D eigenvalue weighted by Gasteiger charge is -2.28. The molecule has 1 N–H and O–H groups in total. The van der Waals surface area contributed by atoms with Gasteiger partial charge in [0.05, 0.1) is 0 Å². The molecule has 5 heteroatoms. The Balaban J connectivity index is 2.85. The van der Waals surface area contributed by atoms with Crippen LogP contribution >= 0.6 is 0 Å². The molecule has 1 atom stereocenters. The summed E-state index contributed by atoms with van der Waals surface area (Å²) in [4.78, 5) is 24.6. The molecule has 18 heavy (non-hydrogen) atoms. The van der Waals surface area contributed by atoms with Crippen molar-refractivity contribution in [3.63, 3.8) is 0 Å². The molecule has 0 saturated carbocycles. The Kier molecular flexibility index (Phi) is 4.04. The number of hydrogen-bond acceptors (Lipinski definition) is 4. The van der Waals surface area contributed by atoms with Crippen molar-refractivity contribution in [2.24, 2.45) is 5.92 Å². The average molecular weight is 255 g/mol. The van der Waals surface area contributed by atoms with E-state index in [0.29, 0.717) is 6.42 Å². The second-order valence-electron chi connectivity index (χ2n) is 5.90. The predicted octanol–water partition coefficient (Wildman–Crippen LogP) is 2.62. The fraction of sp³-hybridized carbons (Fsp3) is 0.692. The van der Waals surface area contributed by atoms with Crippen LogP contribution in [0.5, 0.6) is 0 Å². The van der Waals surface area contributed by atoms with E-state index in [0.717, 1.165) is 11.0 Å². The second kappa shape index (κ2) is 5.00. The summed E-state index contributed by atoms with van der Waals surface area (Å²) >= 11 is 0. The molecule has 102 valence electrons. The number of hydrogen-bond donors (Lipinski definition) is 1. The maximum atomic E-state index is 11.9. The minimum absolute atomic E-state index is 0.0699. The SMILES string of the molecule is CC(C)C[C@H]1C(O)=CC(=O)N1C(=O)OC(C)(C)C. The largest absolute Gasteiger partial charge is 0.510 e. The van der Waals surface area contributed by atoms with Crippen molar-refractivity contribution in [1.82, 2.24) is 4.90 Å². The molecule has 5 nitrogen and oxygen atoms in total. The second-order valence-corrected chi connectivity index (χ2v) is 5.90. The highest BCUT2D eigenvalue weighted by molar-refractivity contribution is 6.02. The van der Waals surface area contributed by atoms with Gasteiger partial charge in [0.2, 0.25) is 0 Å². The molecule has 0 bridgehead atoms. The lowest BCUT2D eigenvalue weighted by Crippen LogP contribution is -2.44. The van der Waals surface area contributed by atoms with E-state index in [-0.39, 0.29) is 11.7 Å². The van der Waals surface area contributed by atoms with Crippen molar-refractivity contribution < 1.29 is 19.4 Å². The van der Waals surface area contributed by atoms with Crippen molar-refractivity contribution in [2.75, 3.05) is 0 Å². The van der Waals surface area contributed by atoms with Gasteiger partial charge in [-0.15, -0.1) is 0 Å². The van der Waals surface area contributed by atoms with Crippen molar-refractivity contribution >= 4 is 12.0 Å². The van der Waals surface area contributed by atoms with E-state index in [9.17, 15) is 14.7 Å². The molecule has 1 aliphatic rings. The molecule has 0 aromatic heterocycles. The standard InChI is InChI=1S/C13H21NO4/c1-8(2)6-9-10(15)7-11(16)14(9)12(17)18-13(3,4)5/h7-9,15H,6H2,1-5H3/t9-/m0/s1. The van der Waals surface area contributed by atoms with Gasteiger partial charge in [0, 0.05) is 6.08 Å². The number of aliphatic hydroxyl groups excluding tert-OH is 1. The summed E-state index contributed by atoms with van der Waals surface area (Å²) in [5.74, 6) is -0.339. The van der Waals surface area contributed by atoms with Gasteiger partial charge in [0.1, 0.15) is 17.4 Å². The van der Waals surface area contributed by atoms with Gasteiger partial charge in [0.15, 0.2) is 0 Å². The number of nitrogens with zero attached hydrogens (tertiary/aromatic N) is 1. The van der Waals surface area contributed by atoms with Gasteiger partial charge in [-0.1, -0.05) is 13.8 Å². The Labute approximate surface area is 107 Å². The molecule has 1 heterocycles. The molecular weight excluding hydrogens is 234 g/mol. The highest BCUT2D eigenvalue weighted by Crippen LogP contribution is 2.25. The van der Waals surface area contributed by atoms with Crippen molar-refractivity contribution in [1.29, 1.82) is 0 Å². The Morgan fingerprint density at radius 2 is 2.06 bits per heavy atom. The summed E-state index contributed by atoms with van der Waals surface area (Å²) in [5.41, 5.74) is -0.669. The molecular formula is C13H21NO4. The maximum absolute atomic E-state index is 11.9. The van der Waals surface area contributed by atoms with Gasteiger partial charge in [-0.05, 0) is 33.1 Å². The lowest BCUT2D eigenvalue weighted by molar-refractivity contribution is -0.125. The van der Waals surface area contributed by atoms with E-state index < -0.39 is 23.6 Å². The third-order valence-electron chi connectivity index (χ3n) is 2.45. The molecule has 0 aromatic carbocycles. The van der Waals surface area contributed by atoms with Crippen LogP contribution in [-0.4, -0.2) is 33.6 Å². The summed E-state index contributed by atoms with van der Waals surface area (Å²) in [6, 6.07) is -0.604. The van der Waals surface area contributed by atoms with Gasteiger partial charge in [-0.3, -0.25) is 4.79 Å². The molecule has 0 fully saturated rings. The summed E-state index contributed by atoms with van der Waals surface area (Å²) < 4.78 is 5.17. The summed E-state index contributed by atoms with van der Waals surface area (Å²) in [5, 5.41) is 9.72. The molecule has 0 unspecified atom stereocenters. The van der Waals surface area contributed by atoms with Crippen LogP contribution in [0.4, 0.5) is 4.79 Å². The fourth-order valence-corrected chi connectivity index (χ4v) is 1.78. The third kappa shape index (κ3) is 3.48. The Bertz CT molecular complexity index is 379. The number of rotatable bonds is 2. The van der Waals surface area contributed by atoms with Crippen LogP contribution in [0.15, 0.2) is 11.8 Å². The number of imide groups is 1. The summed E-state index contributed by atoms with van der Waals surface area (Å²) in [7, 11) is 0. The smallest absolute Gasteiger partial charge is 0.418 e. The number of amides is 2. The first-order chi connectivity index (χ1) is 8.11. The zero-order valence-electron chi connectivity index (χ0n) is 11.6. The summed E-state index contributed by atoms with van der Waals surface area (Å²) in [6.45, 7) is 9.12. The first kappa shape index (κ1) is 14.5. The monoisotopic (exact) mass is 255 g/mol. The zero-order valence-corrected chi connectivity index (χ0v) is 11.6. The molecule has 0 spiro atoms. The van der Waals surface area contributed by atoms with Crippen LogP contribution in [-0.2, 0) is 9.53 Å². The Hall–Kier alpha value is -1.52. The lowest BCUT2D eigenvalue weighted by atomic mass is 10.0. The normalized spacial score (nSPS) is 20.3. The van der Waals surface area contributed by atoms with Crippen molar-refractivity contribution in [2.45, 2.75) is 52.7 Å². The molecule has 1 aliphatic heterocycles. The van der Waals surface area contributed by atoms with Gasteiger partial charge < -0.3 is 9.84 Å². The average Bonchev–Trinajstić information content (AvgIpc) is 2.37. The van der Waals surface area contributed by atoms with Gasteiger partial charge in [-0.2, -0.15) is 0 Å². The predicted molar refractivity (Wildman–Crippen MR) is 67.0 cm³/mol. The Morgan fingerprint density at radius 3 is 2.50 bits per heavy atom. The fourth-order valence-electron chi connectivity index (χ4n) is 1.78. The first-order valence-electron chi connectivity index (χ1n) is 6.08. The van der Waals surface area contributed by atoms with E-state index in [4.69, 9.17) is 4.74 Å². The number of carbonyl (C=O) groups is 2. The molecule has 0 radical (unpaired) electrons. The topological polar surface area (TPSA) is 66.8 Å². The van der Waals surface area contributed by atoms with Crippen LogP contribution in [0, 0.1) is 5.92 Å². The van der Waals surface area contributed by atoms with E-state index in [1.54, 1.807) is 20.8 Å². The van der Waals surface area contributed by atoms with Crippen LogP contribution in [0.2, 0.25) is 0 Å². The van der Waals surface area contributed by atoms with Gasteiger partial charge in [-0.25, -0.2) is 9.69 Å². The van der Waals surface area contributed by atoms with Crippen LogP contribution in [0.3, 0.4) is 0 Å². The molecule has 1 rings (SSSR count). The minimum atomic E-state index is -0.710. The van der Waals surface area contributed by atoms with Gasteiger partial charge in [0.25, 0.3) is 5.91 Å². The van der Waals surface area contributed by atoms with E-state index >= 15 is 0 Å². The van der Waals surface area contributed by atoms with Crippen LogP contribution in [0.1, 0.15) is 41.0 Å². The van der Waals surface area contributed by atoms with Gasteiger partial charge >= 0.3 is 6.09 Å². The zero-order chi connectivity index (χ0) is 14.1. The van der Waals surface area contributed by atoms with Crippen LogP contribution < -0.4 is 0 Å². The number of ether oxygens (including phenoxy) is 1. The highest BCUT2D eigenvalue weighted by Gasteiger charge is 2.39. The number of aliphatic hydroxyl groups is 1. The quantitative estimate of drug-likeness (QED) is 0.823. The molecule has 0 aliphatic carbocycles. The van der Waals surface area contributed by atoms with E-state index in [1.165, 1.54) is 0 Å². The molecule has 2 amide bonds. The van der Waals surface area contributed by atoms with Crippen molar-refractivity contribution in [3.8, 4) is 0 Å². The summed E-state index contributed by atoms with van der Waals surface area (Å²) in [6.07, 6.45) is 0.892.